The maximum Gasteiger partial charge on any atom is 0.124 e. The minimum Gasteiger partial charge on any atom is -0.496 e. The number of methoxy groups -OCH3 is 1. The molecule has 3 N–H and O–H groups in total. The third kappa shape index (κ3) is 2.35. The Bertz CT molecular complexity index is 544. The van der Waals surface area contributed by atoms with Gasteiger partial charge in [0.25, 0.3) is 0 Å². The molecule has 0 aliphatic rings. The molecule has 4 nitrogen and oxygen atoms in total. The highest BCUT2D eigenvalue weighted by Crippen LogP contribution is 2.33. The van der Waals surface area contributed by atoms with Crippen molar-refractivity contribution in [2.45, 2.75) is 13.0 Å². The third-order valence-electron chi connectivity index (χ3n) is 2.71. The van der Waals surface area contributed by atoms with E-state index in [1.807, 2.05) is 6.92 Å². The number of benzene rings is 1. The van der Waals surface area contributed by atoms with E-state index in [1.54, 1.807) is 18.7 Å². The van der Waals surface area contributed by atoms with Crippen molar-refractivity contribution in [3.05, 3.63) is 45.7 Å². The second-order valence-electron chi connectivity index (χ2n) is 3.79. The number of rotatable bonds is 4. The lowest BCUT2D eigenvalue weighted by molar-refractivity contribution is 0.403. The Labute approximate surface area is 109 Å². The fourth-order valence-corrected chi connectivity index (χ4v) is 2.70. The molecule has 1 heterocycles. The predicted molar refractivity (Wildman–Crippen MR) is 69.0 cm³/mol. The number of aromatic nitrogens is 1. The largest absolute Gasteiger partial charge is 0.496 e. The van der Waals surface area contributed by atoms with E-state index in [-0.39, 0.29) is 11.9 Å². The molecular formula is C12H14FN3OS. The van der Waals surface area contributed by atoms with Crippen LogP contribution in [-0.2, 0) is 0 Å². The maximum absolute atomic E-state index is 13.4. The summed E-state index contributed by atoms with van der Waals surface area (Å²) in [6.45, 7) is 1.89. The number of nitrogens with two attached hydrogens (primary N) is 1. The minimum absolute atomic E-state index is 0.326. The van der Waals surface area contributed by atoms with Gasteiger partial charge >= 0.3 is 0 Å². The molecule has 1 aromatic carbocycles. The molecule has 0 radical (unpaired) electrons. The van der Waals surface area contributed by atoms with Crippen LogP contribution in [0.1, 0.15) is 22.2 Å². The van der Waals surface area contributed by atoms with E-state index in [1.165, 1.54) is 23.5 Å². The van der Waals surface area contributed by atoms with E-state index in [4.69, 9.17) is 10.6 Å². The second-order valence-corrected chi connectivity index (χ2v) is 4.67. The molecule has 18 heavy (non-hydrogen) atoms. The number of hydrogen-bond donors (Lipinski definition) is 2. The van der Waals surface area contributed by atoms with Crippen molar-refractivity contribution < 1.29 is 9.13 Å². The number of hydrogen-bond acceptors (Lipinski definition) is 5. The molecule has 0 aliphatic carbocycles. The quantitative estimate of drug-likeness (QED) is 0.658. The number of halogens is 1. The zero-order chi connectivity index (χ0) is 13.1. The Kier molecular flexibility index (Phi) is 3.90. The fraction of sp³-hybridized carbons (Fsp3) is 0.250. The highest BCUT2D eigenvalue weighted by Gasteiger charge is 2.21. The highest BCUT2D eigenvalue weighted by atomic mass is 32.1. The number of hydrazine groups is 1. The molecule has 1 aromatic heterocycles. The molecule has 2 aromatic rings. The normalized spacial score (nSPS) is 12.4. The molecule has 0 saturated heterocycles. The van der Waals surface area contributed by atoms with Gasteiger partial charge in [-0.05, 0) is 25.1 Å². The van der Waals surface area contributed by atoms with Crippen molar-refractivity contribution in [3.63, 3.8) is 0 Å². The molecule has 96 valence electrons. The van der Waals surface area contributed by atoms with Gasteiger partial charge < -0.3 is 4.74 Å². The van der Waals surface area contributed by atoms with Crippen LogP contribution in [-0.4, -0.2) is 12.1 Å². The van der Waals surface area contributed by atoms with E-state index in [0.29, 0.717) is 11.3 Å². The van der Waals surface area contributed by atoms with Crippen LogP contribution in [0.4, 0.5) is 4.39 Å². The first-order valence-electron chi connectivity index (χ1n) is 5.37. The summed E-state index contributed by atoms with van der Waals surface area (Å²) in [5.74, 6) is 5.85. The van der Waals surface area contributed by atoms with Crippen LogP contribution in [0.25, 0.3) is 0 Å². The monoisotopic (exact) mass is 267 g/mol. The molecule has 1 unspecified atom stereocenters. The van der Waals surface area contributed by atoms with E-state index in [9.17, 15) is 4.39 Å². The van der Waals surface area contributed by atoms with E-state index in [2.05, 4.69) is 10.4 Å². The zero-order valence-electron chi connectivity index (χ0n) is 10.1. The van der Waals surface area contributed by atoms with Crippen LogP contribution < -0.4 is 16.0 Å². The van der Waals surface area contributed by atoms with Crippen LogP contribution in [0, 0.1) is 12.7 Å². The Morgan fingerprint density at radius 1 is 1.50 bits per heavy atom. The van der Waals surface area contributed by atoms with Gasteiger partial charge in [0.1, 0.15) is 11.6 Å². The summed E-state index contributed by atoms with van der Waals surface area (Å²) in [6, 6.07) is 4.03. The Hall–Kier alpha value is -1.50. The smallest absolute Gasteiger partial charge is 0.124 e. The van der Waals surface area contributed by atoms with Crippen molar-refractivity contribution in [2.24, 2.45) is 5.84 Å². The molecule has 0 amide bonds. The number of aryl methyl sites for hydroxylation is 1. The second kappa shape index (κ2) is 5.43. The summed E-state index contributed by atoms with van der Waals surface area (Å²) in [5, 5.41) is 0. The van der Waals surface area contributed by atoms with E-state index >= 15 is 0 Å². The lowest BCUT2D eigenvalue weighted by Gasteiger charge is -2.18. The summed E-state index contributed by atoms with van der Waals surface area (Å²) in [4.78, 5) is 5.12. The molecule has 0 spiro atoms. The highest BCUT2D eigenvalue weighted by molar-refractivity contribution is 7.09. The Morgan fingerprint density at radius 3 is 2.83 bits per heavy atom. The van der Waals surface area contributed by atoms with Gasteiger partial charge in [0.05, 0.1) is 29.2 Å². The fourth-order valence-electron chi connectivity index (χ4n) is 1.83. The zero-order valence-corrected chi connectivity index (χ0v) is 10.9. The molecule has 0 aliphatic heterocycles. The molecule has 0 saturated carbocycles. The van der Waals surface area contributed by atoms with Crippen LogP contribution >= 0.6 is 11.3 Å². The van der Waals surface area contributed by atoms with Crippen molar-refractivity contribution in [3.8, 4) is 5.75 Å². The van der Waals surface area contributed by atoms with Gasteiger partial charge in [0.15, 0.2) is 0 Å². The topological polar surface area (TPSA) is 60.2 Å². The predicted octanol–water partition coefficient (Wildman–Crippen LogP) is 2.15. The first kappa shape index (κ1) is 12.9. The van der Waals surface area contributed by atoms with Gasteiger partial charge in [0, 0.05) is 5.56 Å². The van der Waals surface area contributed by atoms with Crippen molar-refractivity contribution in [1.29, 1.82) is 0 Å². The first-order chi connectivity index (χ1) is 8.67. The lowest BCUT2D eigenvalue weighted by Crippen LogP contribution is -2.29. The standard InChI is InChI=1S/C12H14FN3OS/c1-7-12(18-6-15-7)11(16-14)9-5-8(13)3-4-10(9)17-2/h3-6,11,16H,14H2,1-2H3. The van der Waals surface area contributed by atoms with Crippen molar-refractivity contribution in [2.75, 3.05) is 7.11 Å². The first-order valence-corrected chi connectivity index (χ1v) is 6.25. The average Bonchev–Trinajstić information content (AvgIpc) is 2.77. The molecule has 0 bridgehead atoms. The summed E-state index contributed by atoms with van der Waals surface area (Å²) in [5.41, 5.74) is 5.95. The van der Waals surface area contributed by atoms with E-state index in [0.717, 1.165) is 10.6 Å². The van der Waals surface area contributed by atoms with Gasteiger partial charge in [-0.1, -0.05) is 0 Å². The van der Waals surface area contributed by atoms with Gasteiger partial charge in [-0.2, -0.15) is 0 Å². The van der Waals surface area contributed by atoms with Gasteiger partial charge in [-0.3, -0.25) is 5.84 Å². The summed E-state index contributed by atoms with van der Waals surface area (Å²) in [6.07, 6.45) is 0. The van der Waals surface area contributed by atoms with Crippen LogP contribution in [0.3, 0.4) is 0 Å². The van der Waals surface area contributed by atoms with Crippen LogP contribution in [0.2, 0.25) is 0 Å². The number of ether oxygens (including phenoxy) is 1. The molecule has 6 heteroatoms. The SMILES string of the molecule is COc1ccc(F)cc1C(NN)c1scnc1C. The van der Waals surface area contributed by atoms with Crippen LogP contribution in [0.15, 0.2) is 23.7 Å². The van der Waals surface area contributed by atoms with Crippen LogP contribution in [0.5, 0.6) is 5.75 Å². The van der Waals surface area contributed by atoms with E-state index < -0.39 is 0 Å². The average molecular weight is 267 g/mol. The van der Waals surface area contributed by atoms with Gasteiger partial charge in [-0.25, -0.2) is 14.8 Å². The summed E-state index contributed by atoms with van der Waals surface area (Å²) >= 11 is 1.47. The summed E-state index contributed by atoms with van der Waals surface area (Å²) < 4.78 is 18.6. The number of nitrogens with zero attached hydrogens (tertiary/aromatic N) is 1. The molecular weight excluding hydrogens is 253 g/mol. The van der Waals surface area contributed by atoms with Gasteiger partial charge in [-0.15, -0.1) is 11.3 Å². The third-order valence-corrected chi connectivity index (χ3v) is 3.71. The Balaban J connectivity index is 2.51. The molecule has 2 rings (SSSR count). The van der Waals surface area contributed by atoms with Crippen molar-refractivity contribution >= 4 is 11.3 Å². The Morgan fingerprint density at radius 2 is 2.28 bits per heavy atom. The maximum atomic E-state index is 13.4. The minimum atomic E-state index is -0.330. The lowest BCUT2D eigenvalue weighted by atomic mass is 10.0. The molecule has 0 fully saturated rings. The summed E-state index contributed by atoms with van der Waals surface area (Å²) in [7, 11) is 1.55. The van der Waals surface area contributed by atoms with Gasteiger partial charge in [0.2, 0.25) is 0 Å². The number of nitrogens with one attached hydrogen (secondary N) is 1. The molecule has 1 atom stereocenters. The number of thiazole rings is 1. The van der Waals surface area contributed by atoms with Crippen molar-refractivity contribution in [1.82, 2.24) is 10.4 Å².